The summed E-state index contributed by atoms with van der Waals surface area (Å²) in [4.78, 5) is 28.4. The first kappa shape index (κ1) is 21.1. The predicted molar refractivity (Wildman–Crippen MR) is 118 cm³/mol. The van der Waals surface area contributed by atoms with Crippen LogP contribution in [-0.4, -0.2) is 25.0 Å². The Morgan fingerprint density at radius 2 is 1.58 bits per heavy atom. The van der Waals surface area contributed by atoms with Gasteiger partial charge in [0.25, 0.3) is 0 Å². The van der Waals surface area contributed by atoms with Gasteiger partial charge in [-0.1, -0.05) is 43.7 Å². The third-order valence-corrected chi connectivity index (χ3v) is 6.59. The van der Waals surface area contributed by atoms with Crippen LogP contribution in [-0.2, 0) is 19.7 Å². The summed E-state index contributed by atoms with van der Waals surface area (Å²) in [6.07, 6.45) is 1.92. The van der Waals surface area contributed by atoms with Crippen molar-refractivity contribution in [1.82, 2.24) is 4.98 Å². The van der Waals surface area contributed by atoms with Gasteiger partial charge in [-0.25, -0.2) is 0 Å². The topological polar surface area (TPSA) is 93.3 Å². The van der Waals surface area contributed by atoms with Gasteiger partial charge in [-0.3, -0.25) is 9.59 Å². The number of Topliss-reactive ketones (excluding diaryl/α,β-unsaturated/α-hetero) is 2. The van der Waals surface area contributed by atoms with Gasteiger partial charge in [0.15, 0.2) is 17.3 Å². The van der Waals surface area contributed by atoms with Crippen molar-refractivity contribution in [2.24, 2.45) is 5.41 Å². The lowest BCUT2D eigenvalue weighted by molar-refractivity contribution is -0.127. The van der Waals surface area contributed by atoms with Crippen LogP contribution in [0.15, 0.2) is 59.0 Å². The quantitative estimate of drug-likeness (QED) is 0.366. The lowest BCUT2D eigenvalue weighted by Gasteiger charge is -2.28. The first-order valence-corrected chi connectivity index (χ1v) is 11.4. The van der Waals surface area contributed by atoms with E-state index in [1.54, 1.807) is 36.4 Å². The van der Waals surface area contributed by atoms with Gasteiger partial charge in [0.1, 0.15) is 4.90 Å². The van der Waals surface area contributed by atoms with E-state index in [1.807, 2.05) is 20.8 Å². The van der Waals surface area contributed by atoms with Crippen molar-refractivity contribution in [3.63, 3.8) is 0 Å². The van der Waals surface area contributed by atoms with Crippen molar-refractivity contribution in [3.8, 4) is 5.75 Å². The second kappa shape index (κ2) is 7.50. The largest absolute Gasteiger partial charge is 0.376 e. The van der Waals surface area contributed by atoms with E-state index in [9.17, 15) is 18.0 Å². The number of fused-ring (bicyclic) bond motifs is 1. The summed E-state index contributed by atoms with van der Waals surface area (Å²) in [7, 11) is -4.12. The fourth-order valence-electron chi connectivity index (χ4n) is 3.77. The van der Waals surface area contributed by atoms with E-state index < -0.39 is 10.1 Å². The molecule has 0 amide bonds. The van der Waals surface area contributed by atoms with E-state index in [0.29, 0.717) is 10.9 Å². The van der Waals surface area contributed by atoms with Crippen LogP contribution < -0.4 is 4.18 Å². The van der Waals surface area contributed by atoms with Crippen LogP contribution in [0.4, 0.5) is 0 Å². The van der Waals surface area contributed by atoms with E-state index >= 15 is 0 Å². The van der Waals surface area contributed by atoms with Crippen molar-refractivity contribution in [3.05, 3.63) is 65.4 Å². The molecule has 0 radical (unpaired) electrons. The molecule has 0 spiro atoms. The Kier molecular flexibility index (Phi) is 5.09. The lowest BCUT2D eigenvalue weighted by Crippen LogP contribution is -2.31. The number of para-hydroxylation sites is 1. The second-order valence-electron chi connectivity index (χ2n) is 8.69. The molecule has 1 fully saturated rings. The number of hydrogen-bond donors (Lipinski definition) is 1. The van der Waals surface area contributed by atoms with Crippen molar-refractivity contribution < 1.29 is 22.2 Å². The van der Waals surface area contributed by atoms with Crippen LogP contribution in [0.5, 0.6) is 5.75 Å². The molecule has 1 heterocycles. The SMILES string of the molecule is Cc1ccc(S(=O)(=O)Oc2c(C=C3C(=O)CC(C)(C)CC3=O)[nH]c3ccccc23)cc1. The molecule has 1 aliphatic carbocycles. The molecule has 1 aliphatic rings. The molecule has 2 aromatic carbocycles. The third kappa shape index (κ3) is 4.18. The summed E-state index contributed by atoms with van der Waals surface area (Å²) >= 11 is 0. The number of aryl methyl sites for hydroxylation is 1. The molecule has 3 aromatic rings. The first-order chi connectivity index (χ1) is 14.6. The third-order valence-electron chi connectivity index (χ3n) is 5.36. The zero-order chi connectivity index (χ0) is 22.4. The fourth-order valence-corrected chi connectivity index (χ4v) is 4.74. The highest BCUT2D eigenvalue weighted by Crippen LogP contribution is 2.37. The van der Waals surface area contributed by atoms with Crippen LogP contribution in [0.3, 0.4) is 0 Å². The zero-order valence-electron chi connectivity index (χ0n) is 17.6. The minimum absolute atomic E-state index is 0.0218. The van der Waals surface area contributed by atoms with Gasteiger partial charge in [-0.05, 0) is 42.7 Å². The number of ketones is 2. The summed E-state index contributed by atoms with van der Waals surface area (Å²) in [6.45, 7) is 5.62. The molecule has 0 aliphatic heterocycles. The van der Waals surface area contributed by atoms with Crippen molar-refractivity contribution >= 4 is 38.7 Å². The molecule has 0 saturated heterocycles. The maximum absolute atomic E-state index is 12.9. The summed E-state index contributed by atoms with van der Waals surface area (Å²) in [5, 5.41) is 0.543. The summed E-state index contributed by atoms with van der Waals surface area (Å²) in [6, 6.07) is 13.4. The Balaban J connectivity index is 1.81. The number of H-pyrrole nitrogens is 1. The molecule has 160 valence electrons. The molecule has 0 atom stereocenters. The molecule has 4 rings (SSSR count). The van der Waals surface area contributed by atoms with Crippen LogP contribution in [0.25, 0.3) is 17.0 Å². The highest BCUT2D eigenvalue weighted by molar-refractivity contribution is 7.87. The zero-order valence-corrected chi connectivity index (χ0v) is 18.4. The van der Waals surface area contributed by atoms with Crippen LogP contribution >= 0.6 is 0 Å². The second-order valence-corrected chi connectivity index (χ2v) is 10.2. The smallest absolute Gasteiger partial charge is 0.339 e. The average molecular weight is 438 g/mol. The molecule has 0 unspecified atom stereocenters. The van der Waals surface area contributed by atoms with Crippen molar-refractivity contribution in [2.45, 2.75) is 38.5 Å². The monoisotopic (exact) mass is 437 g/mol. The predicted octanol–water partition coefficient (Wildman–Crippen LogP) is 4.59. The van der Waals surface area contributed by atoms with Gasteiger partial charge in [-0.15, -0.1) is 0 Å². The Morgan fingerprint density at radius 3 is 2.23 bits per heavy atom. The highest BCUT2D eigenvalue weighted by Gasteiger charge is 2.36. The van der Waals surface area contributed by atoms with Crippen LogP contribution in [0.1, 0.15) is 37.9 Å². The molecule has 7 heteroatoms. The number of aromatic amines is 1. The number of aromatic nitrogens is 1. The molecule has 1 saturated carbocycles. The average Bonchev–Trinajstić information content (AvgIpc) is 3.01. The molecular weight excluding hydrogens is 414 g/mol. The molecule has 0 bridgehead atoms. The Bertz CT molecular complexity index is 1310. The van der Waals surface area contributed by atoms with Gasteiger partial charge in [0, 0.05) is 23.7 Å². The minimum atomic E-state index is -4.12. The summed E-state index contributed by atoms with van der Waals surface area (Å²) in [5.74, 6) is -0.450. The fraction of sp³-hybridized carbons (Fsp3) is 0.250. The van der Waals surface area contributed by atoms with E-state index in [2.05, 4.69) is 4.98 Å². The number of allylic oxidation sites excluding steroid dienone is 1. The number of benzene rings is 2. The van der Waals surface area contributed by atoms with Gasteiger partial charge >= 0.3 is 10.1 Å². The molecular formula is C24H23NO5S. The molecule has 1 N–H and O–H groups in total. The normalized spacial score (nSPS) is 16.5. The van der Waals surface area contributed by atoms with E-state index in [0.717, 1.165) is 5.56 Å². The Hall–Kier alpha value is -3.19. The van der Waals surface area contributed by atoms with Gasteiger partial charge in [0.2, 0.25) is 0 Å². The standard InChI is InChI=1S/C24H23NO5S/c1-15-8-10-16(11-9-15)31(28,29)30-23-17-6-4-5-7-19(17)25-20(23)12-18-21(26)13-24(2,3)14-22(18)27/h4-12,25H,13-14H2,1-3H3. The number of nitrogens with one attached hydrogen (secondary N) is 1. The maximum atomic E-state index is 12.9. The maximum Gasteiger partial charge on any atom is 0.339 e. The van der Waals surface area contributed by atoms with Crippen LogP contribution in [0, 0.1) is 12.3 Å². The lowest BCUT2D eigenvalue weighted by atomic mass is 9.74. The van der Waals surface area contributed by atoms with Gasteiger partial charge in [-0.2, -0.15) is 8.42 Å². The molecule has 31 heavy (non-hydrogen) atoms. The number of rotatable bonds is 4. The van der Waals surface area contributed by atoms with E-state index in [1.165, 1.54) is 18.2 Å². The minimum Gasteiger partial charge on any atom is -0.376 e. The number of carbonyl (C=O) groups is 2. The summed E-state index contributed by atoms with van der Waals surface area (Å²) < 4.78 is 31.4. The van der Waals surface area contributed by atoms with Gasteiger partial charge in [0.05, 0.1) is 11.3 Å². The van der Waals surface area contributed by atoms with E-state index in [4.69, 9.17) is 4.18 Å². The number of carbonyl (C=O) groups excluding carboxylic acids is 2. The first-order valence-electron chi connectivity index (χ1n) is 9.96. The Morgan fingerprint density at radius 1 is 0.968 bits per heavy atom. The Labute approximate surface area is 181 Å². The highest BCUT2D eigenvalue weighted by atomic mass is 32.2. The van der Waals surface area contributed by atoms with Gasteiger partial charge < -0.3 is 9.17 Å². The molecule has 6 nitrogen and oxygen atoms in total. The van der Waals surface area contributed by atoms with Crippen molar-refractivity contribution in [1.29, 1.82) is 0 Å². The number of hydrogen-bond acceptors (Lipinski definition) is 5. The van der Waals surface area contributed by atoms with E-state index in [-0.39, 0.29) is 51.7 Å². The molecule has 1 aromatic heterocycles. The van der Waals surface area contributed by atoms with Crippen molar-refractivity contribution in [2.75, 3.05) is 0 Å². The summed E-state index contributed by atoms with van der Waals surface area (Å²) in [5.41, 5.74) is 1.50. The van der Waals surface area contributed by atoms with Crippen LogP contribution in [0.2, 0.25) is 0 Å².